The molecule has 8 heteroatoms. The number of aliphatic carboxylic acids is 1. The first-order chi connectivity index (χ1) is 12.5. The van der Waals surface area contributed by atoms with Gasteiger partial charge >= 0.3 is 12.0 Å². The molecule has 0 radical (unpaired) electrons. The van der Waals surface area contributed by atoms with Gasteiger partial charge in [0.1, 0.15) is 24.2 Å². The number of carboxylic acid groups (broad SMARTS) is 1. The Kier molecular flexibility index (Phi) is 5.92. The number of hydrogen-bond donors (Lipinski definition) is 3. The van der Waals surface area contributed by atoms with Gasteiger partial charge in [0.25, 0.3) is 0 Å². The number of nitrogens with one attached hydrogen (secondary N) is 2. The van der Waals surface area contributed by atoms with E-state index in [0.717, 1.165) is 12.8 Å². The van der Waals surface area contributed by atoms with E-state index in [9.17, 15) is 19.1 Å². The lowest BCUT2D eigenvalue weighted by Gasteiger charge is -2.28. The Bertz CT molecular complexity index is 663. The molecule has 0 saturated carbocycles. The molecule has 3 rings (SSSR count). The number of halogens is 1. The fraction of sp³-hybridized carbons (Fsp3) is 0.556. The van der Waals surface area contributed by atoms with Crippen LogP contribution in [-0.4, -0.2) is 49.0 Å². The Hall–Kier alpha value is -2.35. The average molecular weight is 366 g/mol. The molecule has 2 unspecified atom stereocenters. The number of carbonyl (C=O) groups excluding carboxylic acids is 1. The fourth-order valence-corrected chi connectivity index (χ4v) is 3.38. The van der Waals surface area contributed by atoms with E-state index in [1.807, 2.05) is 0 Å². The van der Waals surface area contributed by atoms with E-state index in [2.05, 4.69) is 10.6 Å². The van der Waals surface area contributed by atoms with Crippen molar-refractivity contribution in [1.82, 2.24) is 10.6 Å². The Labute approximate surface area is 150 Å². The van der Waals surface area contributed by atoms with Gasteiger partial charge in [-0.1, -0.05) is 0 Å². The van der Waals surface area contributed by atoms with Crippen molar-refractivity contribution in [2.75, 3.05) is 19.8 Å². The maximum atomic E-state index is 13.3. The van der Waals surface area contributed by atoms with Crippen molar-refractivity contribution in [3.05, 3.63) is 29.6 Å². The molecule has 142 valence electrons. The molecule has 2 aliphatic heterocycles. The second-order valence-corrected chi connectivity index (χ2v) is 6.76. The standard InChI is InChI=1S/C18H23FN2O5/c19-13-1-2-16-12(8-13)9-14(10-26-16)20-18(24)21-15(17(22)23)7-11-3-5-25-6-4-11/h1-2,8,11,14-15H,3-7,9-10H2,(H,22,23)(H2,20,21,24). The molecule has 7 nitrogen and oxygen atoms in total. The molecular formula is C18H23FN2O5. The minimum atomic E-state index is -1.06. The van der Waals surface area contributed by atoms with Crippen molar-refractivity contribution in [3.63, 3.8) is 0 Å². The van der Waals surface area contributed by atoms with Crippen LogP contribution >= 0.6 is 0 Å². The van der Waals surface area contributed by atoms with Gasteiger partial charge in [-0.2, -0.15) is 0 Å². The molecule has 1 aromatic carbocycles. The van der Waals surface area contributed by atoms with E-state index in [4.69, 9.17) is 9.47 Å². The van der Waals surface area contributed by atoms with Gasteiger partial charge in [-0.05, 0) is 55.4 Å². The molecule has 2 aliphatic rings. The van der Waals surface area contributed by atoms with Gasteiger partial charge in [0, 0.05) is 13.2 Å². The Morgan fingerprint density at radius 3 is 2.81 bits per heavy atom. The van der Waals surface area contributed by atoms with Crippen molar-refractivity contribution in [2.45, 2.75) is 37.8 Å². The zero-order valence-corrected chi connectivity index (χ0v) is 14.4. The summed E-state index contributed by atoms with van der Waals surface area (Å²) in [6, 6.07) is 2.42. The van der Waals surface area contributed by atoms with Crippen LogP contribution in [0, 0.1) is 11.7 Å². The van der Waals surface area contributed by atoms with Crippen molar-refractivity contribution in [1.29, 1.82) is 0 Å². The Morgan fingerprint density at radius 2 is 2.08 bits per heavy atom. The van der Waals surface area contributed by atoms with E-state index >= 15 is 0 Å². The van der Waals surface area contributed by atoms with Crippen LogP contribution in [0.1, 0.15) is 24.8 Å². The van der Waals surface area contributed by atoms with Crippen molar-refractivity contribution >= 4 is 12.0 Å². The first kappa shape index (κ1) is 18.4. The summed E-state index contributed by atoms with van der Waals surface area (Å²) < 4.78 is 24.1. The average Bonchev–Trinajstić information content (AvgIpc) is 2.61. The highest BCUT2D eigenvalue weighted by molar-refractivity contribution is 5.82. The lowest BCUT2D eigenvalue weighted by Crippen LogP contribution is -2.52. The highest BCUT2D eigenvalue weighted by Crippen LogP contribution is 2.25. The summed E-state index contributed by atoms with van der Waals surface area (Å²) in [5, 5.41) is 14.6. The summed E-state index contributed by atoms with van der Waals surface area (Å²) in [5.74, 6) is -0.593. The van der Waals surface area contributed by atoms with Crippen LogP contribution in [0.25, 0.3) is 0 Å². The number of amides is 2. The Morgan fingerprint density at radius 1 is 1.31 bits per heavy atom. The molecule has 2 heterocycles. The number of benzene rings is 1. The van der Waals surface area contributed by atoms with Gasteiger partial charge in [-0.15, -0.1) is 0 Å². The van der Waals surface area contributed by atoms with Crippen LogP contribution in [0.4, 0.5) is 9.18 Å². The summed E-state index contributed by atoms with van der Waals surface area (Å²) in [5.41, 5.74) is 0.679. The monoisotopic (exact) mass is 366 g/mol. The molecule has 2 atom stereocenters. The van der Waals surface area contributed by atoms with E-state index in [1.54, 1.807) is 6.07 Å². The summed E-state index contributed by atoms with van der Waals surface area (Å²) in [6.45, 7) is 1.50. The lowest BCUT2D eigenvalue weighted by molar-refractivity contribution is -0.139. The SMILES string of the molecule is O=C(NC1COc2ccc(F)cc2C1)NC(CC1CCOCC1)C(=O)O. The lowest BCUT2D eigenvalue weighted by atomic mass is 9.92. The first-order valence-corrected chi connectivity index (χ1v) is 8.80. The fourth-order valence-electron chi connectivity index (χ4n) is 3.38. The van der Waals surface area contributed by atoms with E-state index < -0.39 is 18.0 Å². The first-order valence-electron chi connectivity index (χ1n) is 8.80. The summed E-state index contributed by atoms with van der Waals surface area (Å²) >= 11 is 0. The van der Waals surface area contributed by atoms with Crippen LogP contribution in [0.15, 0.2) is 18.2 Å². The minimum Gasteiger partial charge on any atom is -0.491 e. The topological polar surface area (TPSA) is 96.9 Å². The number of carbonyl (C=O) groups is 2. The predicted molar refractivity (Wildman–Crippen MR) is 90.6 cm³/mol. The molecule has 0 bridgehead atoms. The summed E-state index contributed by atoms with van der Waals surface area (Å²) in [4.78, 5) is 23.7. The van der Waals surface area contributed by atoms with Gasteiger partial charge in [0.15, 0.2) is 0 Å². The largest absolute Gasteiger partial charge is 0.491 e. The van der Waals surface area contributed by atoms with Crippen LogP contribution in [-0.2, 0) is 16.0 Å². The van der Waals surface area contributed by atoms with Crippen LogP contribution in [0.5, 0.6) is 5.75 Å². The summed E-state index contributed by atoms with van der Waals surface area (Å²) in [6.07, 6.45) is 2.40. The van der Waals surface area contributed by atoms with Crippen molar-refractivity contribution in [2.24, 2.45) is 5.92 Å². The summed E-state index contributed by atoms with van der Waals surface area (Å²) in [7, 11) is 0. The smallest absolute Gasteiger partial charge is 0.326 e. The molecule has 1 fully saturated rings. The second kappa shape index (κ2) is 8.35. The van der Waals surface area contributed by atoms with Gasteiger partial charge in [0.2, 0.25) is 0 Å². The zero-order chi connectivity index (χ0) is 18.5. The molecule has 3 N–H and O–H groups in total. The molecular weight excluding hydrogens is 343 g/mol. The third kappa shape index (κ3) is 4.85. The van der Waals surface area contributed by atoms with Crippen molar-refractivity contribution < 1.29 is 28.6 Å². The third-order valence-electron chi connectivity index (χ3n) is 4.78. The predicted octanol–water partition coefficient (Wildman–Crippen LogP) is 1.70. The third-order valence-corrected chi connectivity index (χ3v) is 4.78. The number of fused-ring (bicyclic) bond motifs is 1. The molecule has 1 aromatic rings. The number of hydrogen-bond acceptors (Lipinski definition) is 4. The maximum absolute atomic E-state index is 13.3. The highest BCUT2D eigenvalue weighted by atomic mass is 19.1. The molecule has 0 aliphatic carbocycles. The number of ether oxygens (including phenoxy) is 2. The van der Waals surface area contributed by atoms with Gasteiger partial charge < -0.3 is 25.2 Å². The van der Waals surface area contributed by atoms with E-state index in [1.165, 1.54) is 12.1 Å². The van der Waals surface area contributed by atoms with Gasteiger partial charge in [-0.3, -0.25) is 0 Å². The molecule has 1 saturated heterocycles. The minimum absolute atomic E-state index is 0.220. The normalized spacial score (nSPS) is 21.2. The van der Waals surface area contributed by atoms with Gasteiger partial charge in [-0.25, -0.2) is 14.0 Å². The second-order valence-electron chi connectivity index (χ2n) is 6.76. The number of carboxylic acids is 1. The quantitative estimate of drug-likeness (QED) is 0.737. The molecule has 0 aromatic heterocycles. The Balaban J connectivity index is 1.52. The highest BCUT2D eigenvalue weighted by Gasteiger charge is 2.27. The molecule has 26 heavy (non-hydrogen) atoms. The number of rotatable bonds is 5. The maximum Gasteiger partial charge on any atom is 0.326 e. The van der Waals surface area contributed by atoms with Crippen LogP contribution in [0.3, 0.4) is 0 Å². The number of urea groups is 1. The molecule has 2 amide bonds. The van der Waals surface area contributed by atoms with Crippen molar-refractivity contribution in [3.8, 4) is 5.75 Å². The van der Waals surface area contributed by atoms with Crippen LogP contribution in [0.2, 0.25) is 0 Å². The zero-order valence-electron chi connectivity index (χ0n) is 14.4. The molecule has 0 spiro atoms. The van der Waals surface area contributed by atoms with E-state index in [-0.39, 0.29) is 24.4 Å². The van der Waals surface area contributed by atoms with E-state index in [0.29, 0.717) is 37.4 Å². The van der Waals surface area contributed by atoms with Gasteiger partial charge in [0.05, 0.1) is 6.04 Å². The van der Waals surface area contributed by atoms with Crippen LogP contribution < -0.4 is 15.4 Å².